The van der Waals surface area contributed by atoms with Gasteiger partial charge in [-0.2, -0.15) is 13.2 Å². The van der Waals surface area contributed by atoms with Crippen LogP contribution in [0.25, 0.3) is 0 Å². The van der Waals surface area contributed by atoms with E-state index in [1.807, 2.05) is 13.8 Å². The topological polar surface area (TPSA) is 46.2 Å². The summed E-state index contributed by atoms with van der Waals surface area (Å²) < 4.78 is 36.8. The van der Waals surface area contributed by atoms with Gasteiger partial charge < -0.3 is 10.8 Å². The van der Waals surface area contributed by atoms with Crippen LogP contribution in [0, 0.1) is 0 Å². The van der Waals surface area contributed by atoms with E-state index in [1.54, 1.807) is 12.1 Å². The Bertz CT molecular complexity index is 365. The average molecular weight is 284 g/mol. The molecule has 2 atom stereocenters. The zero-order chi connectivity index (χ0) is 13.2. The van der Waals surface area contributed by atoms with Crippen molar-refractivity contribution in [3.8, 4) is 0 Å². The molecular weight excluding hydrogens is 267 g/mol. The normalized spacial score (nSPS) is 15.1. The van der Waals surface area contributed by atoms with E-state index in [2.05, 4.69) is 0 Å². The SMILES string of the molecule is CC(C)c1ccc([C@H](N)[C@H](O)C(F)(F)F)cc1.Cl. The zero-order valence-electron chi connectivity index (χ0n) is 10.1. The van der Waals surface area contributed by atoms with Gasteiger partial charge >= 0.3 is 6.18 Å². The van der Waals surface area contributed by atoms with Crippen LogP contribution < -0.4 is 5.73 Å². The van der Waals surface area contributed by atoms with Gasteiger partial charge in [-0.15, -0.1) is 12.4 Å². The Kier molecular flexibility index (Phi) is 6.13. The van der Waals surface area contributed by atoms with Gasteiger partial charge in [0.05, 0.1) is 6.04 Å². The maximum atomic E-state index is 12.3. The van der Waals surface area contributed by atoms with Crippen molar-refractivity contribution >= 4 is 12.4 Å². The van der Waals surface area contributed by atoms with Crippen molar-refractivity contribution in [2.45, 2.75) is 38.1 Å². The molecule has 0 aliphatic rings. The van der Waals surface area contributed by atoms with Crippen molar-refractivity contribution in [1.82, 2.24) is 0 Å². The van der Waals surface area contributed by atoms with Crippen LogP contribution in [0.15, 0.2) is 24.3 Å². The number of hydrogen-bond donors (Lipinski definition) is 2. The summed E-state index contributed by atoms with van der Waals surface area (Å²) in [6.07, 6.45) is -7.23. The van der Waals surface area contributed by atoms with E-state index >= 15 is 0 Å². The first kappa shape index (κ1) is 17.2. The largest absolute Gasteiger partial charge is 0.416 e. The summed E-state index contributed by atoms with van der Waals surface area (Å²) >= 11 is 0. The lowest BCUT2D eigenvalue weighted by molar-refractivity contribution is -0.210. The Morgan fingerprint density at radius 1 is 1.06 bits per heavy atom. The minimum atomic E-state index is -4.70. The smallest absolute Gasteiger partial charge is 0.382 e. The molecule has 1 rings (SSSR count). The minimum Gasteiger partial charge on any atom is -0.382 e. The average Bonchev–Trinajstić information content (AvgIpc) is 2.26. The molecule has 0 amide bonds. The van der Waals surface area contributed by atoms with Crippen LogP contribution in [0.2, 0.25) is 0 Å². The molecule has 0 aromatic heterocycles. The molecule has 18 heavy (non-hydrogen) atoms. The summed E-state index contributed by atoms with van der Waals surface area (Å²) in [5.41, 5.74) is 6.67. The van der Waals surface area contributed by atoms with Crippen molar-refractivity contribution in [3.05, 3.63) is 35.4 Å². The highest BCUT2D eigenvalue weighted by atomic mass is 35.5. The Balaban J connectivity index is 0.00000289. The number of aliphatic hydroxyl groups excluding tert-OH is 1. The third-order valence-electron chi connectivity index (χ3n) is 2.66. The number of halogens is 4. The molecule has 3 N–H and O–H groups in total. The number of alkyl halides is 3. The van der Waals surface area contributed by atoms with Crippen LogP contribution in [0.5, 0.6) is 0 Å². The first-order valence-electron chi connectivity index (χ1n) is 5.33. The van der Waals surface area contributed by atoms with Crippen molar-refractivity contribution in [3.63, 3.8) is 0 Å². The maximum absolute atomic E-state index is 12.3. The van der Waals surface area contributed by atoms with Crippen molar-refractivity contribution in [1.29, 1.82) is 0 Å². The number of hydrogen-bond acceptors (Lipinski definition) is 2. The lowest BCUT2D eigenvalue weighted by Crippen LogP contribution is -2.38. The lowest BCUT2D eigenvalue weighted by atomic mass is 9.97. The van der Waals surface area contributed by atoms with Gasteiger partial charge in [-0.1, -0.05) is 38.1 Å². The second-order valence-electron chi connectivity index (χ2n) is 4.33. The second-order valence-corrected chi connectivity index (χ2v) is 4.33. The fourth-order valence-corrected chi connectivity index (χ4v) is 1.49. The van der Waals surface area contributed by atoms with Crippen molar-refractivity contribution < 1.29 is 18.3 Å². The molecule has 1 aromatic rings. The third kappa shape index (κ3) is 4.15. The standard InChI is InChI=1S/C12H16F3NO.ClH/c1-7(2)8-3-5-9(6-4-8)10(16)11(17)12(13,14)15;/h3-7,10-11,17H,16H2,1-2H3;1H/t10-,11-;/m0./s1. The van der Waals surface area contributed by atoms with Gasteiger partial charge in [-0.3, -0.25) is 0 Å². The summed E-state index contributed by atoms with van der Waals surface area (Å²) in [7, 11) is 0. The Hall–Kier alpha value is -0.780. The van der Waals surface area contributed by atoms with Crippen LogP contribution in [-0.4, -0.2) is 17.4 Å². The summed E-state index contributed by atoms with van der Waals surface area (Å²) in [5.74, 6) is 0.299. The molecule has 2 nitrogen and oxygen atoms in total. The molecule has 1 aromatic carbocycles. The fourth-order valence-electron chi connectivity index (χ4n) is 1.49. The lowest BCUT2D eigenvalue weighted by Gasteiger charge is -2.22. The molecule has 0 aliphatic heterocycles. The van der Waals surface area contributed by atoms with Gasteiger partial charge in [0.2, 0.25) is 0 Å². The van der Waals surface area contributed by atoms with E-state index < -0.39 is 18.3 Å². The Labute approximate surface area is 110 Å². The van der Waals surface area contributed by atoms with Crippen molar-refractivity contribution in [2.24, 2.45) is 5.73 Å². The van der Waals surface area contributed by atoms with Crippen LogP contribution in [-0.2, 0) is 0 Å². The highest BCUT2D eigenvalue weighted by Gasteiger charge is 2.42. The molecule has 104 valence electrons. The Morgan fingerprint density at radius 2 is 1.44 bits per heavy atom. The quantitative estimate of drug-likeness (QED) is 0.895. The molecule has 0 spiro atoms. The van der Waals surface area contributed by atoms with Gasteiger partial charge in [0, 0.05) is 0 Å². The first-order chi connectivity index (χ1) is 7.73. The van der Waals surface area contributed by atoms with Gasteiger partial charge in [0.1, 0.15) is 0 Å². The molecule has 0 saturated heterocycles. The van der Waals surface area contributed by atoms with E-state index in [9.17, 15) is 13.2 Å². The minimum absolute atomic E-state index is 0. The van der Waals surface area contributed by atoms with Crippen LogP contribution in [0.3, 0.4) is 0 Å². The molecule has 0 fully saturated rings. The van der Waals surface area contributed by atoms with Crippen LogP contribution >= 0.6 is 12.4 Å². The molecule has 0 saturated carbocycles. The van der Waals surface area contributed by atoms with Crippen LogP contribution in [0.4, 0.5) is 13.2 Å². The predicted molar refractivity (Wildman–Crippen MR) is 66.8 cm³/mol. The van der Waals surface area contributed by atoms with E-state index in [-0.39, 0.29) is 18.0 Å². The van der Waals surface area contributed by atoms with Gasteiger partial charge in [0.25, 0.3) is 0 Å². The van der Waals surface area contributed by atoms with Crippen molar-refractivity contribution in [2.75, 3.05) is 0 Å². The van der Waals surface area contributed by atoms with Crippen LogP contribution in [0.1, 0.15) is 36.9 Å². The number of nitrogens with two attached hydrogens (primary N) is 1. The maximum Gasteiger partial charge on any atom is 0.416 e. The summed E-state index contributed by atoms with van der Waals surface area (Å²) in [4.78, 5) is 0. The zero-order valence-corrected chi connectivity index (χ0v) is 10.9. The first-order valence-corrected chi connectivity index (χ1v) is 5.33. The predicted octanol–water partition coefficient (Wildman–Crippen LogP) is 3.15. The van der Waals surface area contributed by atoms with E-state index in [1.165, 1.54) is 12.1 Å². The van der Waals surface area contributed by atoms with E-state index in [4.69, 9.17) is 10.8 Å². The second kappa shape index (κ2) is 6.41. The van der Waals surface area contributed by atoms with Gasteiger partial charge in [-0.05, 0) is 17.0 Å². The number of benzene rings is 1. The fraction of sp³-hybridized carbons (Fsp3) is 0.500. The van der Waals surface area contributed by atoms with Gasteiger partial charge in [0.15, 0.2) is 6.10 Å². The Morgan fingerprint density at radius 3 is 1.78 bits per heavy atom. The molecule has 6 heteroatoms. The summed E-state index contributed by atoms with van der Waals surface area (Å²) in [6, 6.07) is 5.05. The monoisotopic (exact) mass is 283 g/mol. The highest BCUT2D eigenvalue weighted by molar-refractivity contribution is 5.85. The van der Waals surface area contributed by atoms with E-state index in [0.29, 0.717) is 5.92 Å². The molecular formula is C12H17ClF3NO. The molecule has 0 unspecified atom stereocenters. The third-order valence-corrected chi connectivity index (χ3v) is 2.66. The molecule has 0 aliphatic carbocycles. The molecule has 0 heterocycles. The number of aliphatic hydroxyl groups is 1. The summed E-state index contributed by atoms with van der Waals surface area (Å²) in [6.45, 7) is 3.97. The highest BCUT2D eigenvalue weighted by Crippen LogP contribution is 2.29. The summed E-state index contributed by atoms with van der Waals surface area (Å²) in [5, 5.41) is 9.04. The molecule has 0 radical (unpaired) electrons. The van der Waals surface area contributed by atoms with E-state index in [0.717, 1.165) is 5.56 Å². The molecule has 0 bridgehead atoms. The number of rotatable bonds is 3. The van der Waals surface area contributed by atoms with Gasteiger partial charge in [-0.25, -0.2) is 0 Å².